The number of nitrogens with two attached hydrogens (primary N) is 1. The number of amides is 2. The van der Waals surface area contributed by atoms with Crippen molar-refractivity contribution in [3.63, 3.8) is 0 Å². The molecule has 0 spiro atoms. The molecule has 4 N–H and O–H groups in total. The number of hydrogen-bond acceptors (Lipinski definition) is 5. The molecule has 1 atom stereocenters. The van der Waals surface area contributed by atoms with Crippen LogP contribution in [-0.4, -0.2) is 30.1 Å². The molecule has 2 aromatic heterocycles. The number of aromatic nitrogens is 3. The van der Waals surface area contributed by atoms with Crippen LogP contribution in [0.2, 0.25) is 0 Å². The number of aliphatic hydroxyl groups is 1. The Labute approximate surface area is 215 Å². The molecule has 11 heteroatoms. The summed E-state index contributed by atoms with van der Waals surface area (Å²) in [5, 5.41) is 23.7. The van der Waals surface area contributed by atoms with Gasteiger partial charge >= 0.3 is 6.03 Å². The van der Waals surface area contributed by atoms with Crippen molar-refractivity contribution in [1.82, 2.24) is 14.8 Å². The number of hydrogen-bond donors (Lipinski definition) is 3. The second-order valence-corrected chi connectivity index (χ2v) is 12.6. The van der Waals surface area contributed by atoms with E-state index in [1.54, 1.807) is 0 Å². The minimum Gasteiger partial charge on any atom is -0.384 e. The lowest BCUT2D eigenvalue weighted by atomic mass is 9.90. The van der Waals surface area contributed by atoms with Gasteiger partial charge in [0.15, 0.2) is 14.9 Å². The second-order valence-electron chi connectivity index (χ2n) is 10.9. The molecule has 37 heavy (non-hydrogen) atoms. The maximum absolute atomic E-state index is 13.5. The number of carbonyl (C=O) groups is 1. The fraction of sp³-hybridized carbons (Fsp3) is 0.423. The Balaban J connectivity index is 1.53. The maximum atomic E-state index is 13.5. The van der Waals surface area contributed by atoms with Crippen LogP contribution in [0.3, 0.4) is 0 Å². The van der Waals surface area contributed by atoms with Gasteiger partial charge in [-0.25, -0.2) is 23.2 Å². The first-order valence-corrected chi connectivity index (χ1v) is 13.8. The molecule has 0 saturated heterocycles. The number of urea groups is 1. The third-order valence-corrected chi connectivity index (χ3v) is 8.34. The highest BCUT2D eigenvalue weighted by Crippen LogP contribution is 2.44. The van der Waals surface area contributed by atoms with Crippen LogP contribution >= 0.6 is 0 Å². The van der Waals surface area contributed by atoms with Crippen molar-refractivity contribution in [3.8, 4) is 5.69 Å². The average molecular weight is 527 g/mol. The van der Waals surface area contributed by atoms with Gasteiger partial charge in [-0.3, -0.25) is 4.98 Å². The average Bonchev–Trinajstić information content (AvgIpc) is 3.51. The second kappa shape index (κ2) is 8.71. The molecule has 2 amide bonds. The van der Waals surface area contributed by atoms with Gasteiger partial charge in [0.1, 0.15) is 11.4 Å². The van der Waals surface area contributed by atoms with E-state index in [1.165, 1.54) is 48.9 Å². The number of anilines is 1. The van der Waals surface area contributed by atoms with E-state index >= 15 is 0 Å². The summed E-state index contributed by atoms with van der Waals surface area (Å²) in [5.41, 5.74) is 3.89. The highest BCUT2D eigenvalue weighted by molar-refractivity contribution is 7.91. The summed E-state index contributed by atoms with van der Waals surface area (Å²) in [7, 11) is -3.78. The number of aryl methyl sites for hydroxylation is 1. The Hall–Kier alpha value is -3.15. The van der Waals surface area contributed by atoms with E-state index < -0.39 is 27.4 Å². The molecule has 5 rings (SSSR count). The molecule has 196 valence electrons. The number of pyridine rings is 1. The largest absolute Gasteiger partial charge is 0.384 e. The first kappa shape index (κ1) is 25.5. The summed E-state index contributed by atoms with van der Waals surface area (Å²) in [6.45, 7) is 7.35. The Bertz CT molecular complexity index is 1530. The monoisotopic (exact) mass is 526 g/mol. The molecule has 9 nitrogen and oxygen atoms in total. The Morgan fingerprint density at radius 2 is 1.92 bits per heavy atom. The normalized spacial score (nSPS) is 17.7. The summed E-state index contributed by atoms with van der Waals surface area (Å²) >= 11 is 0. The van der Waals surface area contributed by atoms with Crippen molar-refractivity contribution in [3.05, 3.63) is 64.4 Å². The number of benzene rings is 1. The summed E-state index contributed by atoms with van der Waals surface area (Å²) in [4.78, 5) is 18.0. The molecule has 1 aromatic carbocycles. The van der Waals surface area contributed by atoms with E-state index in [4.69, 9.17) is 10.1 Å². The standard InChI is InChI=1S/C26H31FN6O3S/c1-25(2)13-12-18-22(17-6-5-7-19(17)29-23(18)25)30-24(34)32-37(28,36)21-14-20(26(3,4)35)33(31-21)16-10-8-15(27)9-11-16/h8-11,14,35H,5-7,12-13H2,1-4H3,(H3,28,29,30,32,34,36)/t37-/m1/s1. The highest BCUT2D eigenvalue weighted by atomic mass is 32.2. The zero-order valence-corrected chi connectivity index (χ0v) is 22.2. The van der Waals surface area contributed by atoms with Crippen LogP contribution < -0.4 is 10.5 Å². The number of carbonyl (C=O) groups excluding carboxylic acids is 1. The zero-order chi connectivity index (χ0) is 26.8. The fourth-order valence-corrected chi connectivity index (χ4v) is 6.01. The first-order chi connectivity index (χ1) is 17.3. The molecular weight excluding hydrogens is 495 g/mol. The molecule has 0 unspecified atom stereocenters. The van der Waals surface area contributed by atoms with Crippen LogP contribution in [0.1, 0.15) is 68.7 Å². The van der Waals surface area contributed by atoms with Gasteiger partial charge in [-0.05, 0) is 81.3 Å². The molecule has 0 fully saturated rings. The lowest BCUT2D eigenvalue weighted by Gasteiger charge is -2.20. The Morgan fingerprint density at radius 1 is 1.22 bits per heavy atom. The predicted molar refractivity (Wildman–Crippen MR) is 138 cm³/mol. The lowest BCUT2D eigenvalue weighted by molar-refractivity contribution is 0.0711. The van der Waals surface area contributed by atoms with Gasteiger partial charge in [0.05, 0.1) is 22.8 Å². The van der Waals surface area contributed by atoms with Crippen molar-refractivity contribution < 1.29 is 18.5 Å². The van der Waals surface area contributed by atoms with Gasteiger partial charge in [0.2, 0.25) is 0 Å². The van der Waals surface area contributed by atoms with Crippen molar-refractivity contribution in [2.24, 2.45) is 9.50 Å². The van der Waals surface area contributed by atoms with E-state index in [0.29, 0.717) is 11.4 Å². The Morgan fingerprint density at radius 3 is 2.59 bits per heavy atom. The molecule has 0 radical (unpaired) electrons. The third kappa shape index (κ3) is 4.67. The van der Waals surface area contributed by atoms with Gasteiger partial charge in [-0.1, -0.05) is 13.8 Å². The van der Waals surface area contributed by atoms with E-state index in [0.717, 1.165) is 54.6 Å². The van der Waals surface area contributed by atoms with Gasteiger partial charge in [0.25, 0.3) is 0 Å². The molecule has 2 aliphatic carbocycles. The number of nitrogens with one attached hydrogen (secondary N) is 1. The van der Waals surface area contributed by atoms with E-state index in [9.17, 15) is 18.5 Å². The van der Waals surface area contributed by atoms with Gasteiger partial charge in [0, 0.05) is 17.2 Å². The van der Waals surface area contributed by atoms with Gasteiger partial charge in [-0.15, -0.1) is 4.36 Å². The SMILES string of the molecule is CC(C)(O)c1cc([S@](N)(=O)=NC(=O)Nc2c3c(nc4c2CCC4(C)C)CCC3)nn1-c1ccc(F)cc1. The Kier molecular flexibility index (Phi) is 6.00. The van der Waals surface area contributed by atoms with Crippen LogP contribution in [-0.2, 0) is 40.2 Å². The van der Waals surface area contributed by atoms with Crippen LogP contribution in [0.25, 0.3) is 5.69 Å². The molecule has 0 bridgehead atoms. The number of nitrogens with zero attached hydrogens (tertiary/aromatic N) is 4. The van der Waals surface area contributed by atoms with Gasteiger partial charge in [-0.2, -0.15) is 5.10 Å². The number of halogens is 1. The van der Waals surface area contributed by atoms with Crippen LogP contribution in [0.5, 0.6) is 0 Å². The number of rotatable bonds is 4. The highest BCUT2D eigenvalue weighted by Gasteiger charge is 2.36. The molecule has 3 aromatic rings. The minimum atomic E-state index is -3.78. The van der Waals surface area contributed by atoms with E-state index in [1.807, 2.05) is 0 Å². The van der Waals surface area contributed by atoms with Crippen molar-refractivity contribution in [2.75, 3.05) is 5.32 Å². The zero-order valence-electron chi connectivity index (χ0n) is 21.3. The summed E-state index contributed by atoms with van der Waals surface area (Å²) in [5.74, 6) is -0.437. The predicted octanol–water partition coefficient (Wildman–Crippen LogP) is 4.28. The summed E-state index contributed by atoms with van der Waals surface area (Å²) < 4.78 is 32.1. The topological polar surface area (TPSA) is 135 Å². The molecule has 0 aliphatic heterocycles. The van der Waals surface area contributed by atoms with E-state index in [2.05, 4.69) is 28.6 Å². The third-order valence-electron chi connectivity index (χ3n) is 7.10. The quantitative estimate of drug-likeness (QED) is 0.466. The molecule has 2 heterocycles. The van der Waals surface area contributed by atoms with Crippen LogP contribution in [0.15, 0.2) is 39.7 Å². The fourth-order valence-electron chi connectivity index (χ4n) is 5.15. The molecular formula is C26H31FN6O3S. The molecule has 0 saturated carbocycles. The summed E-state index contributed by atoms with van der Waals surface area (Å²) in [6.07, 6.45) is 4.33. The van der Waals surface area contributed by atoms with Crippen LogP contribution in [0, 0.1) is 5.82 Å². The maximum Gasteiger partial charge on any atom is 0.354 e. The van der Waals surface area contributed by atoms with Gasteiger partial charge < -0.3 is 10.4 Å². The number of fused-ring (bicyclic) bond motifs is 2. The van der Waals surface area contributed by atoms with Crippen LogP contribution in [0.4, 0.5) is 14.9 Å². The first-order valence-electron chi connectivity index (χ1n) is 12.3. The van der Waals surface area contributed by atoms with Crippen molar-refractivity contribution in [1.29, 1.82) is 0 Å². The van der Waals surface area contributed by atoms with Crippen molar-refractivity contribution in [2.45, 2.75) is 75.8 Å². The molecule has 2 aliphatic rings. The van der Waals surface area contributed by atoms with E-state index in [-0.39, 0.29) is 16.1 Å². The minimum absolute atomic E-state index is 0.0916. The lowest BCUT2D eigenvalue weighted by Crippen LogP contribution is -2.20. The van der Waals surface area contributed by atoms with Crippen molar-refractivity contribution >= 4 is 21.6 Å². The smallest absolute Gasteiger partial charge is 0.354 e. The summed E-state index contributed by atoms with van der Waals surface area (Å²) in [6, 6.07) is 5.95.